The molecule has 14 heavy (non-hydrogen) atoms. The van der Waals surface area contributed by atoms with Gasteiger partial charge in [0.15, 0.2) is 0 Å². The summed E-state index contributed by atoms with van der Waals surface area (Å²) in [5.74, 6) is -0.808. The van der Waals surface area contributed by atoms with E-state index in [2.05, 4.69) is 0 Å². The molecule has 0 spiro atoms. The Labute approximate surface area is 124 Å². The van der Waals surface area contributed by atoms with Gasteiger partial charge in [0, 0.05) is 5.56 Å². The number of carbonyl (C=O) groups is 1. The van der Waals surface area contributed by atoms with Crippen LogP contribution in [0.1, 0.15) is 5.56 Å². The predicted octanol–water partition coefficient (Wildman–Crippen LogP) is -3.32. The summed E-state index contributed by atoms with van der Waals surface area (Å²) >= 11 is 0. The molecule has 1 heterocycles. The fourth-order valence-electron chi connectivity index (χ4n) is 1.17. The maximum atomic E-state index is 10.4. The fourth-order valence-corrected chi connectivity index (χ4v) is 1.17. The number of carboxylic acid groups (broad SMARTS) is 1. The molecule has 4 nitrogen and oxygen atoms in total. The first-order valence-electron chi connectivity index (χ1n) is 3.84. The van der Waals surface area contributed by atoms with Gasteiger partial charge in [0.1, 0.15) is 11.7 Å². The van der Waals surface area contributed by atoms with Crippen LogP contribution in [-0.2, 0) is 16.1 Å². The normalized spacial score (nSPS) is 18.7. The molecule has 0 saturated carbocycles. The van der Waals surface area contributed by atoms with E-state index >= 15 is 0 Å². The van der Waals surface area contributed by atoms with Crippen LogP contribution in [0.2, 0.25) is 0 Å². The molecule has 5 heteroatoms. The molecule has 1 aliphatic heterocycles. The zero-order valence-electron chi connectivity index (χ0n) is 7.73. The van der Waals surface area contributed by atoms with Gasteiger partial charge in [-0.05, 0) is 6.07 Å². The van der Waals surface area contributed by atoms with Crippen molar-refractivity contribution in [3.05, 3.63) is 29.8 Å². The van der Waals surface area contributed by atoms with E-state index in [1.54, 1.807) is 12.1 Å². The van der Waals surface area contributed by atoms with Gasteiger partial charge in [-0.25, -0.2) is 0 Å². The fraction of sp³-hybridized carbons (Fsp3) is 0.222. The molecule has 2 rings (SSSR count). The van der Waals surface area contributed by atoms with Crippen LogP contribution in [0.3, 0.4) is 0 Å². The van der Waals surface area contributed by atoms with Gasteiger partial charge in [-0.2, -0.15) is 0 Å². The van der Waals surface area contributed by atoms with E-state index in [0.717, 1.165) is 5.56 Å². The van der Waals surface area contributed by atoms with Crippen molar-refractivity contribution >= 4 is 5.97 Å². The van der Waals surface area contributed by atoms with E-state index in [1.807, 2.05) is 12.1 Å². The van der Waals surface area contributed by atoms with Crippen molar-refractivity contribution in [2.24, 2.45) is 0 Å². The number of carboxylic acids is 1. The maximum absolute atomic E-state index is 10.4. The van der Waals surface area contributed by atoms with E-state index in [-0.39, 0.29) is 58.0 Å². The maximum Gasteiger partial charge on any atom is 1.00 e. The molecule has 0 radical (unpaired) electrons. The number of ether oxygens (including phenoxy) is 2. The standard InChI is InChI=1S/C9H8O4.K/c10-8(11)9-12-5-6-3-1-2-4-7(6)13-9;/h1-4,9H,5H2,(H,10,11);/q;+1/p-1. The third-order valence-corrected chi connectivity index (χ3v) is 1.79. The van der Waals surface area contributed by atoms with Gasteiger partial charge in [0.05, 0.1) is 6.61 Å². The molecule has 0 aromatic heterocycles. The number of hydrogen-bond acceptors (Lipinski definition) is 4. The van der Waals surface area contributed by atoms with Crippen LogP contribution in [0.4, 0.5) is 0 Å². The van der Waals surface area contributed by atoms with Gasteiger partial charge in [0.2, 0.25) is 6.29 Å². The van der Waals surface area contributed by atoms with E-state index in [1.165, 1.54) is 0 Å². The van der Waals surface area contributed by atoms with Crippen molar-refractivity contribution in [3.63, 3.8) is 0 Å². The number of benzene rings is 1. The quantitative estimate of drug-likeness (QED) is 0.463. The van der Waals surface area contributed by atoms with Crippen molar-refractivity contribution in [1.82, 2.24) is 0 Å². The van der Waals surface area contributed by atoms with Gasteiger partial charge in [-0.3, -0.25) is 0 Å². The van der Waals surface area contributed by atoms with E-state index < -0.39 is 12.3 Å². The van der Waals surface area contributed by atoms with Gasteiger partial charge in [-0.1, -0.05) is 18.2 Å². The van der Waals surface area contributed by atoms with E-state index in [9.17, 15) is 9.90 Å². The molecule has 1 aliphatic rings. The molecular weight excluding hydrogens is 211 g/mol. The van der Waals surface area contributed by atoms with Crippen molar-refractivity contribution in [2.45, 2.75) is 12.9 Å². The number of rotatable bonds is 1. The molecule has 0 amide bonds. The van der Waals surface area contributed by atoms with E-state index in [0.29, 0.717) is 5.75 Å². The third-order valence-electron chi connectivity index (χ3n) is 1.79. The monoisotopic (exact) mass is 218 g/mol. The van der Waals surface area contributed by atoms with Gasteiger partial charge >= 0.3 is 51.4 Å². The Morgan fingerprint density at radius 2 is 2.14 bits per heavy atom. The van der Waals surface area contributed by atoms with Crippen LogP contribution >= 0.6 is 0 Å². The molecule has 1 unspecified atom stereocenters. The smallest absolute Gasteiger partial charge is 0.544 e. The molecule has 1 aromatic carbocycles. The molecule has 1 atom stereocenters. The van der Waals surface area contributed by atoms with Crippen molar-refractivity contribution in [3.8, 4) is 5.75 Å². The summed E-state index contributed by atoms with van der Waals surface area (Å²) in [5.41, 5.74) is 0.847. The minimum Gasteiger partial charge on any atom is -0.544 e. The second kappa shape index (κ2) is 5.25. The summed E-state index contributed by atoms with van der Waals surface area (Å²) in [6.45, 7) is 0.245. The van der Waals surface area contributed by atoms with Crippen LogP contribution in [-0.4, -0.2) is 12.3 Å². The minimum atomic E-state index is -1.35. The average Bonchev–Trinajstić information content (AvgIpc) is 2.17. The second-order valence-corrected chi connectivity index (χ2v) is 2.69. The van der Waals surface area contributed by atoms with Crippen LogP contribution in [0, 0.1) is 0 Å². The molecule has 0 saturated heterocycles. The van der Waals surface area contributed by atoms with Crippen LogP contribution in [0.5, 0.6) is 5.75 Å². The van der Waals surface area contributed by atoms with Crippen LogP contribution in [0.15, 0.2) is 24.3 Å². The SMILES string of the molecule is O=C([O-])C1OCc2ccccc2O1.[K+]. The Morgan fingerprint density at radius 1 is 1.43 bits per heavy atom. The number of fused-ring (bicyclic) bond motifs is 1. The summed E-state index contributed by atoms with van der Waals surface area (Å²) in [7, 11) is 0. The molecule has 68 valence electrons. The summed E-state index contributed by atoms with van der Waals surface area (Å²) in [6.07, 6.45) is -1.28. The van der Waals surface area contributed by atoms with Crippen molar-refractivity contribution in [2.75, 3.05) is 0 Å². The zero-order valence-corrected chi connectivity index (χ0v) is 10.8. The van der Waals surface area contributed by atoms with Crippen LogP contribution in [0.25, 0.3) is 0 Å². The Hall–Kier alpha value is 0.0864. The number of para-hydroxylation sites is 1. The first-order valence-corrected chi connectivity index (χ1v) is 3.84. The largest absolute Gasteiger partial charge is 1.00 e. The van der Waals surface area contributed by atoms with E-state index in [4.69, 9.17) is 9.47 Å². The van der Waals surface area contributed by atoms with Crippen molar-refractivity contribution in [1.29, 1.82) is 0 Å². The third kappa shape index (κ3) is 2.56. The molecule has 1 aromatic rings. The first kappa shape index (κ1) is 12.2. The summed E-state index contributed by atoms with van der Waals surface area (Å²) in [6, 6.07) is 7.13. The average molecular weight is 218 g/mol. The summed E-state index contributed by atoms with van der Waals surface area (Å²) in [5, 5.41) is 10.4. The molecular formula is C9H7KO4. The Bertz CT molecular complexity index is 339. The molecule has 0 aliphatic carbocycles. The Kier molecular flexibility index (Phi) is 4.56. The summed E-state index contributed by atoms with van der Waals surface area (Å²) < 4.78 is 9.89. The second-order valence-electron chi connectivity index (χ2n) is 2.69. The molecule has 0 N–H and O–H groups in total. The zero-order chi connectivity index (χ0) is 9.26. The van der Waals surface area contributed by atoms with Crippen molar-refractivity contribution < 1.29 is 70.8 Å². The Morgan fingerprint density at radius 3 is 2.86 bits per heavy atom. The first-order chi connectivity index (χ1) is 6.27. The number of hydrogen-bond donors (Lipinski definition) is 0. The molecule has 0 fully saturated rings. The molecule has 0 bridgehead atoms. The minimum absolute atomic E-state index is 0. The van der Waals surface area contributed by atoms with Gasteiger partial charge in [0.25, 0.3) is 0 Å². The number of aliphatic carboxylic acids is 1. The Balaban J connectivity index is 0.000000980. The summed E-state index contributed by atoms with van der Waals surface area (Å²) in [4.78, 5) is 10.4. The topological polar surface area (TPSA) is 58.6 Å². The van der Waals surface area contributed by atoms with Gasteiger partial charge < -0.3 is 19.4 Å². The van der Waals surface area contributed by atoms with Gasteiger partial charge in [-0.15, -0.1) is 0 Å². The van der Waals surface area contributed by atoms with Crippen LogP contribution < -0.4 is 61.2 Å². The predicted molar refractivity (Wildman–Crippen MR) is 40.7 cm³/mol. The number of carbonyl (C=O) groups excluding carboxylic acids is 1.